The van der Waals surface area contributed by atoms with Crippen LogP contribution in [0.4, 0.5) is 0 Å². The van der Waals surface area contributed by atoms with Crippen LogP contribution in [0.3, 0.4) is 0 Å². The number of morpholine rings is 1. The highest BCUT2D eigenvalue weighted by Crippen LogP contribution is 2.59. The van der Waals surface area contributed by atoms with Crippen molar-refractivity contribution in [2.45, 2.75) is 36.5 Å². The molecule has 0 N–H and O–H groups in total. The van der Waals surface area contributed by atoms with E-state index in [-0.39, 0.29) is 5.41 Å². The van der Waals surface area contributed by atoms with Crippen molar-refractivity contribution in [3.63, 3.8) is 0 Å². The Balaban J connectivity index is 1.35. The maximum Gasteiger partial charge on any atom is 0.230 e. The van der Waals surface area contributed by atoms with E-state index in [9.17, 15) is 4.79 Å². The maximum atomic E-state index is 13.1. The van der Waals surface area contributed by atoms with Crippen LogP contribution in [0.5, 0.6) is 0 Å². The molecule has 7 heteroatoms. The molecule has 0 spiro atoms. The molecule has 2 aliphatic heterocycles. The quantitative estimate of drug-likeness (QED) is 0.626. The molecule has 2 heterocycles. The summed E-state index contributed by atoms with van der Waals surface area (Å²) in [5, 5.41) is 0. The number of benzene rings is 1. The number of piperidine rings is 1. The van der Waals surface area contributed by atoms with Gasteiger partial charge in [0.25, 0.3) is 0 Å². The molecule has 1 saturated carbocycles. The fraction of sp³-hybridized carbons (Fsp3) is 0.667. The summed E-state index contributed by atoms with van der Waals surface area (Å²) in [6.45, 7) is 11.3. The number of hydrogen-bond donors (Lipinski definition) is 0. The summed E-state index contributed by atoms with van der Waals surface area (Å²) in [6.07, 6.45) is 2.21. The Kier molecular flexibility index (Phi) is 6.57. The second-order valence-electron chi connectivity index (χ2n) is 7.88. The summed E-state index contributed by atoms with van der Waals surface area (Å²) in [6, 6.07) is 8.85. The summed E-state index contributed by atoms with van der Waals surface area (Å²) < 4.78 is 10.2. The fourth-order valence-electron chi connectivity index (χ4n) is 4.35. The highest BCUT2D eigenvalue weighted by atomic mass is 32.2. The van der Waals surface area contributed by atoms with Crippen LogP contribution in [0.1, 0.15) is 26.7 Å². The zero-order valence-electron chi connectivity index (χ0n) is 16.9. The number of fused-ring (bicyclic) bond motifs is 1. The van der Waals surface area contributed by atoms with Gasteiger partial charge in [0.15, 0.2) is 0 Å². The molecule has 1 aromatic carbocycles. The Morgan fingerprint density at radius 1 is 1.14 bits per heavy atom. The first kappa shape index (κ1) is 20.5. The molecule has 0 radical (unpaired) electrons. The number of ether oxygens (including phenoxy) is 1. The Morgan fingerprint density at radius 2 is 1.82 bits per heavy atom. The third-order valence-electron chi connectivity index (χ3n) is 6.14. The largest absolute Gasteiger partial charge is 0.378 e. The van der Waals surface area contributed by atoms with Crippen molar-refractivity contribution in [3.8, 4) is 0 Å². The number of hydrogen-bond acceptors (Lipinski definition) is 6. The Bertz CT molecular complexity index is 677. The molecule has 2 unspecified atom stereocenters. The number of rotatable bonds is 7. The lowest BCUT2D eigenvalue weighted by atomic mass is 9.96. The SMILES string of the molecule is CCN(CC)Sc1ccc(SN2CCC3CC3(C(=O)N3CCOCC3)C2)cc1. The maximum absolute atomic E-state index is 13.1. The molecule has 28 heavy (non-hydrogen) atoms. The average Bonchev–Trinajstić information content (AvgIpc) is 3.48. The van der Waals surface area contributed by atoms with Gasteiger partial charge in [-0.15, -0.1) is 0 Å². The highest BCUT2D eigenvalue weighted by molar-refractivity contribution is 7.97. The molecule has 3 aliphatic rings. The molecule has 4 rings (SSSR count). The molecule has 3 fully saturated rings. The summed E-state index contributed by atoms with van der Waals surface area (Å²) in [5.74, 6) is 0.963. The molecule has 2 saturated heterocycles. The molecular weight excluding hydrogens is 390 g/mol. The first-order valence-electron chi connectivity index (χ1n) is 10.5. The van der Waals surface area contributed by atoms with Gasteiger partial charge < -0.3 is 9.64 Å². The van der Waals surface area contributed by atoms with Crippen LogP contribution in [-0.4, -0.2) is 71.9 Å². The molecule has 5 nitrogen and oxygen atoms in total. The minimum atomic E-state index is -0.124. The van der Waals surface area contributed by atoms with E-state index in [0.29, 0.717) is 25.0 Å². The van der Waals surface area contributed by atoms with Crippen molar-refractivity contribution in [1.29, 1.82) is 0 Å². The van der Waals surface area contributed by atoms with Crippen LogP contribution in [0, 0.1) is 11.3 Å². The van der Waals surface area contributed by atoms with Gasteiger partial charge in [0.2, 0.25) is 5.91 Å². The average molecular weight is 422 g/mol. The molecule has 0 aromatic heterocycles. The second-order valence-corrected chi connectivity index (χ2v) is 10.2. The van der Waals surface area contributed by atoms with Gasteiger partial charge >= 0.3 is 0 Å². The van der Waals surface area contributed by atoms with Crippen LogP contribution < -0.4 is 0 Å². The number of amides is 1. The van der Waals surface area contributed by atoms with E-state index in [4.69, 9.17) is 4.74 Å². The van der Waals surface area contributed by atoms with Gasteiger partial charge in [-0.3, -0.25) is 4.79 Å². The van der Waals surface area contributed by atoms with Crippen molar-refractivity contribution in [2.24, 2.45) is 11.3 Å². The topological polar surface area (TPSA) is 36.0 Å². The lowest BCUT2D eigenvalue weighted by Gasteiger charge is -2.36. The van der Waals surface area contributed by atoms with Gasteiger partial charge in [-0.05, 0) is 66.9 Å². The lowest BCUT2D eigenvalue weighted by Crippen LogP contribution is -2.49. The molecule has 1 aromatic rings. The Hall–Kier alpha value is -0.730. The van der Waals surface area contributed by atoms with E-state index in [0.717, 1.165) is 52.1 Å². The molecule has 0 bridgehead atoms. The molecule has 2 atom stereocenters. The minimum absolute atomic E-state index is 0.124. The van der Waals surface area contributed by atoms with E-state index in [2.05, 4.69) is 46.7 Å². The van der Waals surface area contributed by atoms with Gasteiger partial charge in [-0.1, -0.05) is 13.8 Å². The molecule has 1 amide bonds. The third kappa shape index (κ3) is 4.38. The fourth-order valence-corrected chi connectivity index (χ4v) is 6.21. The second kappa shape index (κ2) is 8.96. The Morgan fingerprint density at radius 3 is 2.50 bits per heavy atom. The molecule has 1 aliphatic carbocycles. The zero-order valence-corrected chi connectivity index (χ0v) is 18.6. The van der Waals surface area contributed by atoms with Crippen molar-refractivity contribution < 1.29 is 9.53 Å². The van der Waals surface area contributed by atoms with E-state index < -0.39 is 0 Å². The van der Waals surface area contributed by atoms with Gasteiger partial charge in [0, 0.05) is 49.1 Å². The van der Waals surface area contributed by atoms with Crippen molar-refractivity contribution in [1.82, 2.24) is 13.5 Å². The molecule has 154 valence electrons. The van der Waals surface area contributed by atoms with Crippen molar-refractivity contribution >= 4 is 29.8 Å². The lowest BCUT2D eigenvalue weighted by molar-refractivity contribution is -0.142. The summed E-state index contributed by atoms with van der Waals surface area (Å²) >= 11 is 3.63. The number of carbonyl (C=O) groups excluding carboxylic acids is 1. The van der Waals surface area contributed by atoms with Crippen LogP contribution >= 0.6 is 23.9 Å². The van der Waals surface area contributed by atoms with E-state index in [1.807, 2.05) is 28.8 Å². The van der Waals surface area contributed by atoms with Crippen LogP contribution in [0.2, 0.25) is 0 Å². The molecular formula is C21H31N3O2S2. The monoisotopic (exact) mass is 421 g/mol. The summed E-state index contributed by atoms with van der Waals surface area (Å²) in [7, 11) is 0. The van der Waals surface area contributed by atoms with Gasteiger partial charge in [0.1, 0.15) is 0 Å². The smallest absolute Gasteiger partial charge is 0.230 e. The number of nitrogens with zero attached hydrogens (tertiary/aromatic N) is 3. The van der Waals surface area contributed by atoms with E-state index >= 15 is 0 Å². The minimum Gasteiger partial charge on any atom is -0.378 e. The summed E-state index contributed by atoms with van der Waals surface area (Å²) in [5.41, 5.74) is -0.124. The number of carbonyl (C=O) groups is 1. The third-order valence-corrected chi connectivity index (χ3v) is 8.45. The van der Waals surface area contributed by atoms with Gasteiger partial charge in [0.05, 0.1) is 18.6 Å². The summed E-state index contributed by atoms with van der Waals surface area (Å²) in [4.78, 5) is 17.7. The highest BCUT2D eigenvalue weighted by Gasteiger charge is 2.63. The van der Waals surface area contributed by atoms with E-state index in [1.54, 1.807) is 0 Å². The van der Waals surface area contributed by atoms with Crippen molar-refractivity contribution in [3.05, 3.63) is 24.3 Å². The van der Waals surface area contributed by atoms with Crippen LogP contribution in [0.15, 0.2) is 34.1 Å². The van der Waals surface area contributed by atoms with Crippen LogP contribution in [0.25, 0.3) is 0 Å². The first-order chi connectivity index (χ1) is 13.6. The predicted molar refractivity (Wildman–Crippen MR) is 115 cm³/mol. The Labute approximate surface area is 177 Å². The first-order valence-corrected chi connectivity index (χ1v) is 12.0. The van der Waals surface area contributed by atoms with Crippen molar-refractivity contribution in [2.75, 3.05) is 52.5 Å². The standard InChI is InChI=1S/C21H31N3O2S2/c1-3-23(4-2)27-18-5-7-19(8-6-18)28-24-10-9-17-15-21(17,16-24)20(25)22-11-13-26-14-12-22/h5-8,17H,3-4,9-16H2,1-2H3. The predicted octanol–water partition coefficient (Wildman–Crippen LogP) is 3.61. The van der Waals surface area contributed by atoms with Gasteiger partial charge in [-0.2, -0.15) is 0 Å². The normalized spacial score (nSPS) is 27.7. The van der Waals surface area contributed by atoms with Gasteiger partial charge in [-0.25, -0.2) is 8.61 Å². The zero-order chi connectivity index (χ0) is 19.6. The van der Waals surface area contributed by atoms with E-state index in [1.165, 1.54) is 9.79 Å². The van der Waals surface area contributed by atoms with Crippen LogP contribution in [-0.2, 0) is 9.53 Å².